The molecule has 4 heterocycles. The van der Waals surface area contributed by atoms with Crippen LogP contribution in [-0.4, -0.2) is 20.8 Å². The number of fused-ring (bicyclic) bond motifs is 6. The van der Waals surface area contributed by atoms with Crippen molar-refractivity contribution < 1.29 is 4.74 Å². The van der Waals surface area contributed by atoms with Gasteiger partial charge in [-0.25, -0.2) is 4.98 Å². The maximum absolute atomic E-state index is 6.75. The summed E-state index contributed by atoms with van der Waals surface area (Å²) in [5.41, 5.74) is 11.3. The Morgan fingerprint density at radius 2 is 1.18 bits per heavy atom. The van der Waals surface area contributed by atoms with Gasteiger partial charge in [0.2, 0.25) is 0 Å². The van der Waals surface area contributed by atoms with Gasteiger partial charge in [-0.3, -0.25) is 4.57 Å². The fourth-order valence-corrected chi connectivity index (χ4v) is 8.46. The molecule has 0 saturated carbocycles. The van der Waals surface area contributed by atoms with Gasteiger partial charge in [-0.15, -0.1) is 0 Å². The molecular weight excluding hydrogens is 699 g/mol. The number of hydrogen-bond donors (Lipinski definition) is 0. The maximum Gasteiger partial charge on any atom is 0.139 e. The van der Waals surface area contributed by atoms with Crippen molar-refractivity contribution in [1.29, 1.82) is 0 Å². The van der Waals surface area contributed by atoms with Gasteiger partial charge in [-0.2, -0.15) is 0 Å². The second-order valence-corrected chi connectivity index (χ2v) is 14.6. The second-order valence-electron chi connectivity index (χ2n) is 14.6. The van der Waals surface area contributed by atoms with Gasteiger partial charge in [0.15, 0.2) is 0 Å². The van der Waals surface area contributed by atoms with E-state index in [1.807, 2.05) is 12.3 Å². The Kier molecular flexibility index (Phi) is 7.67. The summed E-state index contributed by atoms with van der Waals surface area (Å²) in [7, 11) is 2.13. The van der Waals surface area contributed by atoms with Crippen molar-refractivity contribution >= 4 is 60.7 Å². The fourth-order valence-electron chi connectivity index (χ4n) is 8.46. The summed E-state index contributed by atoms with van der Waals surface area (Å²) in [6.07, 6.45) is 4.25. The topological polar surface area (TPSA) is 38.5 Å². The second kappa shape index (κ2) is 13.3. The van der Waals surface area contributed by atoms with Crippen LogP contribution < -0.4 is 14.5 Å². The van der Waals surface area contributed by atoms with E-state index in [1.165, 1.54) is 22.0 Å². The summed E-state index contributed by atoms with van der Waals surface area (Å²) >= 11 is 0. The number of nitrogens with zero attached hydrogens (tertiary/aromatic N) is 5. The smallest absolute Gasteiger partial charge is 0.139 e. The normalized spacial score (nSPS) is 13.0. The molecule has 0 bridgehead atoms. The van der Waals surface area contributed by atoms with Gasteiger partial charge < -0.3 is 19.1 Å². The average Bonchev–Trinajstić information content (AvgIpc) is 3.95. The zero-order valence-electron chi connectivity index (χ0n) is 31.3. The number of pyridine rings is 1. The number of ether oxygens (including phenoxy) is 1. The Hall–Kier alpha value is -7.57. The van der Waals surface area contributed by atoms with E-state index in [0.717, 1.165) is 72.7 Å². The van der Waals surface area contributed by atoms with Crippen LogP contribution in [0.15, 0.2) is 194 Å². The minimum Gasteiger partial charge on any atom is -0.457 e. The monoisotopic (exact) mass is 735 g/mol. The van der Waals surface area contributed by atoms with Crippen molar-refractivity contribution in [2.75, 3.05) is 16.5 Å². The van der Waals surface area contributed by atoms with Crippen LogP contribution in [0.1, 0.15) is 5.56 Å². The van der Waals surface area contributed by atoms with E-state index in [2.05, 4.69) is 208 Å². The molecule has 0 unspecified atom stereocenters. The molecule has 0 amide bonds. The van der Waals surface area contributed by atoms with Crippen LogP contribution in [0, 0.1) is 0 Å². The molecule has 3 aromatic heterocycles. The van der Waals surface area contributed by atoms with E-state index >= 15 is 0 Å². The molecular formula is C51H37N5O. The molecule has 1 aliphatic rings. The first-order valence-electron chi connectivity index (χ1n) is 19.3. The Balaban J connectivity index is 1.01. The molecule has 57 heavy (non-hydrogen) atoms. The molecule has 0 saturated heterocycles. The Bertz CT molecular complexity index is 3150. The minimum absolute atomic E-state index is 0.683. The molecule has 0 spiro atoms. The van der Waals surface area contributed by atoms with Crippen molar-refractivity contribution in [1.82, 2.24) is 14.1 Å². The van der Waals surface area contributed by atoms with Crippen LogP contribution in [0.2, 0.25) is 0 Å². The molecule has 11 rings (SSSR count). The summed E-state index contributed by atoms with van der Waals surface area (Å²) in [5, 5.41) is 4.65. The predicted octanol–water partition coefficient (Wildman–Crippen LogP) is 12.6. The van der Waals surface area contributed by atoms with Crippen molar-refractivity contribution in [2.45, 2.75) is 0 Å². The zero-order chi connectivity index (χ0) is 37.9. The summed E-state index contributed by atoms with van der Waals surface area (Å²) in [6, 6.07) is 63.9. The molecule has 0 atom stereocenters. The highest BCUT2D eigenvalue weighted by molar-refractivity contribution is 6.12. The lowest BCUT2D eigenvalue weighted by Crippen LogP contribution is -2.26. The minimum atomic E-state index is 0.683. The summed E-state index contributed by atoms with van der Waals surface area (Å²) in [5.74, 6) is 2.38. The van der Waals surface area contributed by atoms with Crippen LogP contribution in [0.5, 0.6) is 11.5 Å². The molecule has 0 N–H and O–H groups in total. The first kappa shape index (κ1) is 32.8. The number of rotatable bonds is 7. The molecule has 7 aromatic carbocycles. The highest BCUT2D eigenvalue weighted by atomic mass is 16.5. The van der Waals surface area contributed by atoms with E-state index < -0.39 is 0 Å². The highest BCUT2D eigenvalue weighted by Gasteiger charge is 2.25. The third-order valence-electron chi connectivity index (χ3n) is 11.2. The first-order valence-corrected chi connectivity index (χ1v) is 19.3. The lowest BCUT2D eigenvalue weighted by molar-refractivity contribution is 0.483. The largest absolute Gasteiger partial charge is 0.457 e. The molecule has 0 radical (unpaired) electrons. The molecule has 272 valence electrons. The molecule has 0 aliphatic carbocycles. The third-order valence-corrected chi connectivity index (χ3v) is 11.2. The third kappa shape index (κ3) is 5.61. The van der Waals surface area contributed by atoms with Gasteiger partial charge in [0.25, 0.3) is 0 Å². The summed E-state index contributed by atoms with van der Waals surface area (Å²) in [4.78, 5) is 9.75. The van der Waals surface area contributed by atoms with Crippen molar-refractivity contribution in [3.05, 3.63) is 200 Å². The van der Waals surface area contributed by atoms with Crippen molar-refractivity contribution in [3.8, 4) is 28.4 Å². The maximum atomic E-state index is 6.75. The first-order chi connectivity index (χ1) is 28.2. The molecule has 0 fully saturated rings. The summed E-state index contributed by atoms with van der Waals surface area (Å²) < 4.78 is 11.3. The number of aryl methyl sites for hydroxylation is 1. The number of hydrogen-bond acceptors (Lipinski definition) is 4. The van der Waals surface area contributed by atoms with Crippen LogP contribution >= 0.6 is 0 Å². The Labute approximate surface area is 330 Å². The van der Waals surface area contributed by atoms with Crippen LogP contribution in [0.4, 0.5) is 11.4 Å². The average molecular weight is 736 g/mol. The number of benzene rings is 7. The van der Waals surface area contributed by atoms with Crippen LogP contribution in [-0.2, 0) is 7.05 Å². The predicted molar refractivity (Wildman–Crippen MR) is 235 cm³/mol. The van der Waals surface area contributed by atoms with Crippen LogP contribution in [0.25, 0.3) is 66.3 Å². The van der Waals surface area contributed by atoms with E-state index in [0.29, 0.717) is 6.67 Å². The number of anilines is 2. The standard InChI is InChI=1S/C51H37N5O/c1-53-46-23-12-11-22-42(46)45-32-52-51(31-48(45)53)56-47-27-24-37(35-14-5-2-6-15-35)28-44(47)43-26-25-41(30-49(43)56)57-40-21-13-20-39(29-40)55-34-54(38-18-9-4-10-19-38)33-50(55)36-16-7-3-8-17-36/h2-33H,34H2,1H3. The highest BCUT2D eigenvalue weighted by Crippen LogP contribution is 2.40. The quantitative estimate of drug-likeness (QED) is 0.163. The Morgan fingerprint density at radius 3 is 2.00 bits per heavy atom. The van der Waals surface area contributed by atoms with Gasteiger partial charge in [0.05, 0.1) is 28.9 Å². The SMILES string of the molecule is Cn1c2ccccc2c2cnc(-n3c4ccc(-c5ccccc5)cc4c4ccc(Oc5cccc(N6CN(c7ccccc7)C=C6c6ccccc6)c5)cc43)cc21. The molecule has 1 aliphatic heterocycles. The van der Waals surface area contributed by atoms with Gasteiger partial charge in [-0.1, -0.05) is 109 Å². The lowest BCUT2D eigenvalue weighted by atomic mass is 10.0. The van der Waals surface area contributed by atoms with Gasteiger partial charge in [-0.05, 0) is 71.3 Å². The zero-order valence-corrected chi connectivity index (χ0v) is 31.3. The van der Waals surface area contributed by atoms with Gasteiger partial charge >= 0.3 is 0 Å². The van der Waals surface area contributed by atoms with Gasteiger partial charge in [0.1, 0.15) is 17.3 Å². The number of para-hydroxylation sites is 2. The molecule has 10 aromatic rings. The summed E-state index contributed by atoms with van der Waals surface area (Å²) in [6.45, 7) is 0.683. The van der Waals surface area contributed by atoms with E-state index in [9.17, 15) is 0 Å². The van der Waals surface area contributed by atoms with Crippen LogP contribution in [0.3, 0.4) is 0 Å². The molecule has 6 nitrogen and oxygen atoms in total. The number of aromatic nitrogens is 3. The van der Waals surface area contributed by atoms with Crippen molar-refractivity contribution in [2.24, 2.45) is 7.05 Å². The van der Waals surface area contributed by atoms with Gasteiger partial charge in [0, 0.05) is 76.1 Å². The van der Waals surface area contributed by atoms with E-state index in [-0.39, 0.29) is 0 Å². The molecule has 6 heteroatoms. The Morgan fingerprint density at radius 1 is 0.474 bits per heavy atom. The fraction of sp³-hybridized carbons (Fsp3) is 0.0392. The van der Waals surface area contributed by atoms with E-state index in [4.69, 9.17) is 9.72 Å². The van der Waals surface area contributed by atoms with E-state index in [1.54, 1.807) is 0 Å². The lowest BCUT2D eigenvalue weighted by Gasteiger charge is -2.25. The van der Waals surface area contributed by atoms with Crippen molar-refractivity contribution in [3.63, 3.8) is 0 Å².